The molecule has 16 unspecified atom stereocenters. The topological polar surface area (TPSA) is 0 Å². The molecule has 10 saturated carbocycles. The van der Waals surface area contributed by atoms with Gasteiger partial charge in [-0.1, -0.05) is 109 Å². The van der Waals surface area contributed by atoms with Crippen LogP contribution in [0.2, 0.25) is 0 Å². The maximum atomic E-state index is 1.70. The Kier molecular flexibility index (Phi) is 10.1. The Hall–Kier alpha value is 0. The van der Waals surface area contributed by atoms with Crippen LogP contribution in [-0.2, 0) is 0 Å². The van der Waals surface area contributed by atoms with Crippen LogP contribution >= 0.6 is 0 Å². The lowest BCUT2D eigenvalue weighted by Gasteiger charge is -2.53. The molecular weight excluding hydrogens is 589 g/mol. The molecule has 0 bridgehead atoms. The highest BCUT2D eigenvalue weighted by Gasteiger charge is 2.56. The largest absolute Gasteiger partial charge is 0.0533 e. The van der Waals surface area contributed by atoms with Gasteiger partial charge >= 0.3 is 0 Å². The van der Waals surface area contributed by atoms with Crippen molar-refractivity contribution in [1.29, 1.82) is 0 Å². The standard InChI is InChI=1S/C49H80/c1-3-11-32(12-4-1)39-25-40(37-21-22-46-38(23-37)20-19-34-15-9-10-18-45(34)46)27-41(26-39)42-28-44-29-43-24-35-16-7-8-17-36(35)30-48(43)49(44)47(31-42)33-13-5-2-6-14-33/h32-49H,1-31H2. The number of hydrogen-bond donors (Lipinski definition) is 0. The van der Waals surface area contributed by atoms with Gasteiger partial charge in [-0.3, -0.25) is 0 Å². The highest BCUT2D eigenvalue weighted by molar-refractivity contribution is 5.05. The lowest BCUT2D eigenvalue weighted by molar-refractivity contribution is -0.0364. The normalized spacial score (nSPS) is 52.7. The van der Waals surface area contributed by atoms with E-state index in [4.69, 9.17) is 0 Å². The van der Waals surface area contributed by atoms with E-state index in [1.807, 2.05) is 0 Å². The minimum Gasteiger partial charge on any atom is -0.0533 e. The van der Waals surface area contributed by atoms with Gasteiger partial charge in [0.15, 0.2) is 0 Å². The molecule has 10 rings (SSSR count). The van der Waals surface area contributed by atoms with Crippen molar-refractivity contribution in [2.75, 3.05) is 0 Å². The van der Waals surface area contributed by atoms with Gasteiger partial charge in [-0.15, -0.1) is 0 Å². The van der Waals surface area contributed by atoms with Crippen LogP contribution < -0.4 is 0 Å². The second-order valence-electron chi connectivity index (χ2n) is 22.2. The molecule has 0 heterocycles. The molecule has 0 aliphatic heterocycles. The van der Waals surface area contributed by atoms with E-state index < -0.39 is 0 Å². The van der Waals surface area contributed by atoms with Gasteiger partial charge in [0.2, 0.25) is 0 Å². The summed E-state index contributed by atoms with van der Waals surface area (Å²) in [5.41, 5.74) is 0. The lowest BCUT2D eigenvalue weighted by atomic mass is 9.52. The van der Waals surface area contributed by atoms with Crippen molar-refractivity contribution in [3.05, 3.63) is 0 Å². The molecular formula is C49H80. The Morgan fingerprint density at radius 1 is 0.163 bits per heavy atom. The molecule has 10 aliphatic rings. The van der Waals surface area contributed by atoms with Crippen LogP contribution in [-0.4, -0.2) is 0 Å². The number of rotatable bonds is 4. The summed E-state index contributed by atoms with van der Waals surface area (Å²) in [5, 5.41) is 0. The molecule has 0 aromatic heterocycles. The minimum absolute atomic E-state index is 1.11. The molecule has 0 amide bonds. The third-order valence-electron chi connectivity index (χ3n) is 20.4. The Bertz CT molecular complexity index is 1080. The van der Waals surface area contributed by atoms with Crippen molar-refractivity contribution < 1.29 is 0 Å². The summed E-state index contributed by atoms with van der Waals surface area (Å²) in [6.45, 7) is 0. The molecule has 0 nitrogen and oxygen atoms in total. The van der Waals surface area contributed by atoms with Crippen LogP contribution in [0.1, 0.15) is 199 Å². The van der Waals surface area contributed by atoms with Crippen molar-refractivity contribution in [2.45, 2.75) is 199 Å². The van der Waals surface area contributed by atoms with E-state index in [1.165, 1.54) is 0 Å². The van der Waals surface area contributed by atoms with Gasteiger partial charge < -0.3 is 0 Å². The summed E-state index contributed by atoms with van der Waals surface area (Å²) in [5.74, 6) is 20.3. The third kappa shape index (κ3) is 6.61. The van der Waals surface area contributed by atoms with Crippen LogP contribution in [0.5, 0.6) is 0 Å². The van der Waals surface area contributed by atoms with E-state index in [0.29, 0.717) is 0 Å². The van der Waals surface area contributed by atoms with E-state index >= 15 is 0 Å². The summed E-state index contributed by atoms with van der Waals surface area (Å²) in [7, 11) is 0. The van der Waals surface area contributed by atoms with Crippen molar-refractivity contribution in [3.63, 3.8) is 0 Å². The van der Waals surface area contributed by atoms with Crippen LogP contribution in [0.3, 0.4) is 0 Å². The van der Waals surface area contributed by atoms with Crippen LogP contribution in [0.25, 0.3) is 0 Å². The quantitative estimate of drug-likeness (QED) is 0.280. The minimum atomic E-state index is 1.11. The van der Waals surface area contributed by atoms with E-state index in [9.17, 15) is 0 Å². The van der Waals surface area contributed by atoms with Crippen molar-refractivity contribution in [1.82, 2.24) is 0 Å². The van der Waals surface area contributed by atoms with Gasteiger partial charge in [-0.2, -0.15) is 0 Å². The maximum Gasteiger partial charge on any atom is -0.0323 e. The van der Waals surface area contributed by atoms with E-state index in [2.05, 4.69) is 0 Å². The number of hydrogen-bond acceptors (Lipinski definition) is 0. The average Bonchev–Trinajstić information content (AvgIpc) is 3.54. The fourth-order valence-corrected chi connectivity index (χ4v) is 18.5. The average molecular weight is 669 g/mol. The molecule has 16 atom stereocenters. The molecule has 10 aliphatic carbocycles. The fourth-order valence-electron chi connectivity index (χ4n) is 18.5. The molecule has 0 aromatic carbocycles. The summed E-state index contributed by atoms with van der Waals surface area (Å²) in [6.07, 6.45) is 50.2. The van der Waals surface area contributed by atoms with Crippen molar-refractivity contribution in [3.8, 4) is 0 Å². The predicted octanol–water partition coefficient (Wildman–Crippen LogP) is 14.3. The summed E-state index contributed by atoms with van der Waals surface area (Å²) < 4.78 is 0. The van der Waals surface area contributed by atoms with Gasteiger partial charge in [0.25, 0.3) is 0 Å². The van der Waals surface area contributed by atoms with Crippen LogP contribution in [0.4, 0.5) is 0 Å². The van der Waals surface area contributed by atoms with E-state index in [1.54, 1.807) is 199 Å². The van der Waals surface area contributed by atoms with Gasteiger partial charge in [-0.05, 0) is 196 Å². The van der Waals surface area contributed by atoms with Crippen LogP contribution in [0.15, 0.2) is 0 Å². The molecule has 0 saturated heterocycles. The Labute approximate surface area is 304 Å². The fraction of sp³-hybridized carbons (Fsp3) is 1.00. The molecule has 276 valence electrons. The zero-order valence-corrected chi connectivity index (χ0v) is 32.3. The van der Waals surface area contributed by atoms with Gasteiger partial charge in [0.05, 0.1) is 0 Å². The molecule has 10 fully saturated rings. The smallest absolute Gasteiger partial charge is 0.0323 e. The second-order valence-corrected chi connectivity index (χ2v) is 22.2. The van der Waals surface area contributed by atoms with Crippen molar-refractivity contribution in [2.24, 2.45) is 107 Å². The highest BCUT2D eigenvalue weighted by atomic mass is 14.6. The lowest BCUT2D eigenvalue weighted by Crippen LogP contribution is -2.45. The van der Waals surface area contributed by atoms with E-state index in [0.717, 1.165) is 107 Å². The van der Waals surface area contributed by atoms with Gasteiger partial charge in [0, 0.05) is 0 Å². The summed E-state index contributed by atoms with van der Waals surface area (Å²) >= 11 is 0. The van der Waals surface area contributed by atoms with Crippen molar-refractivity contribution >= 4 is 0 Å². The molecule has 0 radical (unpaired) electrons. The monoisotopic (exact) mass is 669 g/mol. The zero-order valence-electron chi connectivity index (χ0n) is 32.3. The number of fused-ring (bicyclic) bond motifs is 7. The van der Waals surface area contributed by atoms with E-state index in [-0.39, 0.29) is 0 Å². The predicted molar refractivity (Wildman–Crippen MR) is 206 cm³/mol. The molecule has 0 spiro atoms. The SMILES string of the molecule is C1CCC(C2CC(C3CCC4C(CCC5CCCCC54)C3)CC(C3CC4CC5CC6CCCCC6CC5C4C(C4CCCCC4)C3)C2)CC1. The zero-order chi connectivity index (χ0) is 32.3. The first kappa shape index (κ1) is 33.6. The highest BCUT2D eigenvalue weighted by Crippen LogP contribution is 2.64. The molecule has 49 heavy (non-hydrogen) atoms. The maximum absolute atomic E-state index is 1.70. The third-order valence-corrected chi connectivity index (χ3v) is 20.4. The first-order chi connectivity index (χ1) is 24.2. The van der Waals surface area contributed by atoms with Gasteiger partial charge in [-0.25, -0.2) is 0 Å². The summed E-state index contributed by atoms with van der Waals surface area (Å²) in [4.78, 5) is 0. The summed E-state index contributed by atoms with van der Waals surface area (Å²) in [6, 6.07) is 0. The van der Waals surface area contributed by atoms with Gasteiger partial charge in [0.1, 0.15) is 0 Å². The second kappa shape index (κ2) is 14.7. The Morgan fingerprint density at radius 3 is 1.29 bits per heavy atom. The molecule has 0 heteroatoms. The Balaban J connectivity index is 0.889. The first-order valence-electron chi connectivity index (χ1n) is 24.2. The first-order valence-corrected chi connectivity index (χ1v) is 24.2. The molecule has 0 aromatic rings. The van der Waals surface area contributed by atoms with Crippen LogP contribution in [0, 0.1) is 107 Å². The molecule has 0 N–H and O–H groups in total. The Morgan fingerprint density at radius 2 is 0.531 bits per heavy atom.